The van der Waals surface area contributed by atoms with E-state index in [0.29, 0.717) is 0 Å². The molecule has 21 heavy (non-hydrogen) atoms. The fourth-order valence-electron chi connectivity index (χ4n) is 4.29. The van der Waals surface area contributed by atoms with E-state index in [1.807, 2.05) is 0 Å². The first kappa shape index (κ1) is 13.6. The van der Waals surface area contributed by atoms with Crippen molar-refractivity contribution >= 4 is 5.69 Å². The Morgan fingerprint density at radius 2 is 1.33 bits per heavy atom. The lowest BCUT2D eigenvalue weighted by Gasteiger charge is -2.42. The van der Waals surface area contributed by atoms with Gasteiger partial charge >= 0.3 is 0 Å². The van der Waals surface area contributed by atoms with Gasteiger partial charge in [0.2, 0.25) is 0 Å². The molecule has 1 aromatic carbocycles. The summed E-state index contributed by atoms with van der Waals surface area (Å²) in [6, 6.07) is 11.9. The first-order valence-electron chi connectivity index (χ1n) is 8.65. The van der Waals surface area contributed by atoms with Crippen LogP contribution in [-0.4, -0.2) is 36.1 Å². The zero-order chi connectivity index (χ0) is 14.6. The summed E-state index contributed by atoms with van der Waals surface area (Å²) < 4.78 is 0. The molecular formula is C19H28N2. The monoisotopic (exact) mass is 284 g/mol. The minimum Gasteiger partial charge on any atom is -0.368 e. The molecule has 2 unspecified atom stereocenters. The van der Waals surface area contributed by atoms with Gasteiger partial charge < -0.3 is 4.90 Å². The van der Waals surface area contributed by atoms with Crippen LogP contribution in [-0.2, 0) is 5.41 Å². The minimum absolute atomic E-state index is 0.252. The summed E-state index contributed by atoms with van der Waals surface area (Å²) in [5.74, 6) is 0. The van der Waals surface area contributed by atoms with Gasteiger partial charge in [0, 0.05) is 36.9 Å². The Balaban J connectivity index is 1.50. The molecule has 2 heterocycles. The fraction of sp³-hybridized carbons (Fsp3) is 0.684. The number of fused-ring (bicyclic) bond motifs is 2. The first-order valence-corrected chi connectivity index (χ1v) is 8.65. The van der Waals surface area contributed by atoms with Crippen LogP contribution in [0.4, 0.5) is 5.69 Å². The number of hydrogen-bond donors (Lipinski definition) is 0. The molecule has 3 fully saturated rings. The van der Waals surface area contributed by atoms with E-state index in [4.69, 9.17) is 0 Å². The van der Waals surface area contributed by atoms with Crippen molar-refractivity contribution in [1.29, 1.82) is 0 Å². The Kier molecular flexibility index (Phi) is 3.08. The third-order valence-corrected chi connectivity index (χ3v) is 5.61. The summed E-state index contributed by atoms with van der Waals surface area (Å²) in [7, 11) is 0. The highest BCUT2D eigenvalue weighted by molar-refractivity contribution is 5.50. The van der Waals surface area contributed by atoms with E-state index < -0.39 is 0 Å². The summed E-state index contributed by atoms with van der Waals surface area (Å²) in [5.41, 5.74) is 3.11. The van der Waals surface area contributed by atoms with Crippen LogP contribution in [0.3, 0.4) is 0 Å². The number of hydrogen-bond acceptors (Lipinski definition) is 2. The van der Waals surface area contributed by atoms with Gasteiger partial charge in [0.05, 0.1) is 0 Å². The van der Waals surface area contributed by atoms with E-state index in [1.165, 1.54) is 50.0 Å². The molecule has 2 saturated heterocycles. The molecule has 2 nitrogen and oxygen atoms in total. The van der Waals surface area contributed by atoms with Crippen molar-refractivity contribution in [2.75, 3.05) is 18.0 Å². The number of rotatable bonds is 2. The largest absolute Gasteiger partial charge is 0.368 e. The molecule has 114 valence electrons. The second-order valence-corrected chi connectivity index (χ2v) is 8.27. The fourth-order valence-corrected chi connectivity index (χ4v) is 4.29. The number of nitrogens with zero attached hydrogens (tertiary/aromatic N) is 2. The topological polar surface area (TPSA) is 6.48 Å². The second kappa shape index (κ2) is 4.74. The number of anilines is 1. The average Bonchev–Trinajstić information content (AvgIpc) is 3.25. The van der Waals surface area contributed by atoms with Gasteiger partial charge in [0.15, 0.2) is 0 Å². The Morgan fingerprint density at radius 3 is 1.81 bits per heavy atom. The van der Waals surface area contributed by atoms with Crippen LogP contribution < -0.4 is 4.90 Å². The quantitative estimate of drug-likeness (QED) is 0.815. The molecule has 0 N–H and O–H groups in total. The lowest BCUT2D eigenvalue weighted by atomic mass is 9.87. The van der Waals surface area contributed by atoms with Gasteiger partial charge in [0.25, 0.3) is 0 Å². The predicted molar refractivity (Wildman–Crippen MR) is 89.0 cm³/mol. The maximum absolute atomic E-state index is 2.86. The van der Waals surface area contributed by atoms with Gasteiger partial charge in [-0.15, -0.1) is 0 Å². The Bertz CT molecular complexity index is 495. The maximum atomic E-state index is 2.86. The van der Waals surface area contributed by atoms with Crippen LogP contribution in [0.5, 0.6) is 0 Å². The molecular weight excluding hydrogens is 256 g/mol. The van der Waals surface area contributed by atoms with Crippen molar-refractivity contribution in [2.45, 2.75) is 70.0 Å². The van der Waals surface area contributed by atoms with Crippen molar-refractivity contribution in [1.82, 2.24) is 4.90 Å². The van der Waals surface area contributed by atoms with Gasteiger partial charge in [-0.25, -0.2) is 0 Å². The number of benzene rings is 1. The Labute approximate surface area is 129 Å². The van der Waals surface area contributed by atoms with Crippen LogP contribution >= 0.6 is 0 Å². The zero-order valence-corrected chi connectivity index (χ0v) is 13.7. The summed E-state index contributed by atoms with van der Waals surface area (Å²) in [4.78, 5) is 5.49. The lowest BCUT2D eigenvalue weighted by molar-refractivity contribution is 0.159. The van der Waals surface area contributed by atoms with Gasteiger partial charge in [-0.05, 0) is 48.8 Å². The number of piperazine rings is 1. The van der Waals surface area contributed by atoms with Gasteiger partial charge in [0.1, 0.15) is 0 Å². The van der Waals surface area contributed by atoms with E-state index in [9.17, 15) is 0 Å². The SMILES string of the molecule is CC(C)(C)c1ccc(N2CC3CCC(C2)N3C2CC2)cc1. The highest BCUT2D eigenvalue weighted by Gasteiger charge is 2.46. The van der Waals surface area contributed by atoms with Crippen molar-refractivity contribution < 1.29 is 0 Å². The molecule has 2 heteroatoms. The maximum Gasteiger partial charge on any atom is 0.0367 e. The van der Waals surface area contributed by atoms with Gasteiger partial charge in [-0.3, -0.25) is 4.90 Å². The molecule has 2 aliphatic heterocycles. The minimum atomic E-state index is 0.252. The van der Waals surface area contributed by atoms with E-state index in [-0.39, 0.29) is 5.41 Å². The zero-order valence-electron chi connectivity index (χ0n) is 13.7. The van der Waals surface area contributed by atoms with Crippen molar-refractivity contribution in [3.63, 3.8) is 0 Å². The first-order chi connectivity index (χ1) is 10.0. The van der Waals surface area contributed by atoms with Crippen LogP contribution in [0, 0.1) is 0 Å². The van der Waals surface area contributed by atoms with E-state index >= 15 is 0 Å². The molecule has 1 aromatic rings. The third-order valence-electron chi connectivity index (χ3n) is 5.61. The van der Waals surface area contributed by atoms with Crippen molar-refractivity contribution in [2.24, 2.45) is 0 Å². The van der Waals surface area contributed by atoms with E-state index in [1.54, 1.807) is 0 Å². The van der Waals surface area contributed by atoms with E-state index in [0.717, 1.165) is 18.1 Å². The molecule has 0 spiro atoms. The molecule has 2 bridgehead atoms. The van der Waals surface area contributed by atoms with Crippen molar-refractivity contribution in [3.05, 3.63) is 29.8 Å². The van der Waals surface area contributed by atoms with E-state index in [2.05, 4.69) is 54.8 Å². The molecule has 4 rings (SSSR count). The molecule has 0 radical (unpaired) electrons. The van der Waals surface area contributed by atoms with Crippen LogP contribution in [0.2, 0.25) is 0 Å². The van der Waals surface area contributed by atoms with Gasteiger partial charge in [-0.2, -0.15) is 0 Å². The molecule has 2 atom stereocenters. The average molecular weight is 284 g/mol. The Morgan fingerprint density at radius 1 is 0.810 bits per heavy atom. The molecule has 0 amide bonds. The summed E-state index contributed by atoms with van der Waals surface area (Å²) in [6.07, 6.45) is 5.73. The highest BCUT2D eigenvalue weighted by Crippen LogP contribution is 2.41. The standard InChI is InChI=1S/C19H28N2/c1-19(2,3)14-4-6-15(7-5-14)20-12-17-10-11-18(13-20)21(17)16-8-9-16/h4-7,16-18H,8-13H2,1-3H3. The lowest BCUT2D eigenvalue weighted by Crippen LogP contribution is -2.54. The smallest absolute Gasteiger partial charge is 0.0367 e. The van der Waals surface area contributed by atoms with Gasteiger partial charge in [-0.1, -0.05) is 32.9 Å². The van der Waals surface area contributed by atoms with Crippen molar-refractivity contribution in [3.8, 4) is 0 Å². The predicted octanol–water partition coefficient (Wildman–Crippen LogP) is 3.80. The Hall–Kier alpha value is -1.02. The summed E-state index contributed by atoms with van der Waals surface area (Å²) in [6.45, 7) is 9.34. The van der Waals surface area contributed by atoms with Crippen LogP contribution in [0.25, 0.3) is 0 Å². The normalized spacial score (nSPS) is 30.0. The molecule has 1 aliphatic carbocycles. The molecule has 3 aliphatic rings. The highest BCUT2D eigenvalue weighted by atomic mass is 15.4. The third kappa shape index (κ3) is 2.48. The second-order valence-electron chi connectivity index (χ2n) is 8.27. The summed E-state index contributed by atoms with van der Waals surface area (Å²) >= 11 is 0. The van der Waals surface area contributed by atoms with Crippen LogP contribution in [0.1, 0.15) is 52.0 Å². The molecule has 0 aromatic heterocycles. The summed E-state index contributed by atoms with van der Waals surface area (Å²) in [5, 5.41) is 0. The van der Waals surface area contributed by atoms with Crippen LogP contribution in [0.15, 0.2) is 24.3 Å². The molecule has 1 saturated carbocycles.